The van der Waals surface area contributed by atoms with Crippen LogP contribution in [0, 0.1) is 0 Å². The first-order valence-corrected chi connectivity index (χ1v) is 4.78. The number of aliphatic hydroxyl groups excluding tert-OH is 1. The molecular weight excluding hydrogens is 259 g/mol. The van der Waals surface area contributed by atoms with Crippen molar-refractivity contribution in [3.63, 3.8) is 0 Å². The summed E-state index contributed by atoms with van der Waals surface area (Å²) in [6, 6.07) is 0. The molecule has 0 saturated heterocycles. The second-order valence-corrected chi connectivity index (χ2v) is 3.89. The minimum absolute atomic E-state index is 0.00139. The van der Waals surface area contributed by atoms with Gasteiger partial charge in [0.2, 0.25) is 0 Å². The lowest BCUT2D eigenvalue weighted by Gasteiger charge is -2.14. The van der Waals surface area contributed by atoms with Crippen molar-refractivity contribution >= 4 is 28.6 Å². The van der Waals surface area contributed by atoms with Crippen molar-refractivity contribution in [1.82, 2.24) is 0 Å². The molecule has 0 amide bonds. The van der Waals surface area contributed by atoms with Gasteiger partial charge >= 0.3 is 5.97 Å². The number of hydrogen-bond donors (Lipinski definition) is 1. The first kappa shape index (κ1) is 11.2. The number of rotatable bonds is 4. The van der Waals surface area contributed by atoms with Crippen LogP contribution in [0.4, 0.5) is 0 Å². The fourth-order valence-electron chi connectivity index (χ4n) is 0.564. The number of carbonyl (C=O) groups excluding carboxylic acids is 1. The quantitative estimate of drug-likeness (QED) is 0.474. The molecule has 0 spiro atoms. The molecule has 1 N–H and O–H groups in total. The standard InChI is InChI=1S/C7H13IO3/c1-3-7(10)6(8)4-11-5(2)9/h6-7,10H,3-4H2,1-2H3/t6-,7-/m0/s1. The number of aliphatic hydroxyl groups is 1. The zero-order valence-corrected chi connectivity index (χ0v) is 8.87. The number of esters is 1. The summed E-state index contributed by atoms with van der Waals surface area (Å²) < 4.78 is 4.72. The summed E-state index contributed by atoms with van der Waals surface area (Å²) >= 11 is 2.07. The summed E-state index contributed by atoms with van der Waals surface area (Å²) in [5.74, 6) is -0.296. The summed E-state index contributed by atoms with van der Waals surface area (Å²) in [5, 5.41) is 9.24. The molecule has 0 aromatic rings. The lowest BCUT2D eigenvalue weighted by molar-refractivity contribution is -0.141. The van der Waals surface area contributed by atoms with E-state index in [-0.39, 0.29) is 16.0 Å². The van der Waals surface area contributed by atoms with Crippen LogP contribution in [0.5, 0.6) is 0 Å². The third-order valence-corrected chi connectivity index (χ3v) is 2.47. The lowest BCUT2D eigenvalue weighted by Crippen LogP contribution is -2.25. The third-order valence-electron chi connectivity index (χ3n) is 1.28. The molecule has 0 aromatic heterocycles. The molecule has 0 fully saturated rings. The van der Waals surface area contributed by atoms with Crippen molar-refractivity contribution in [1.29, 1.82) is 0 Å². The van der Waals surface area contributed by atoms with E-state index < -0.39 is 0 Å². The summed E-state index contributed by atoms with van der Waals surface area (Å²) in [6.45, 7) is 3.55. The Hall–Kier alpha value is 0.160. The molecule has 0 unspecified atom stereocenters. The molecule has 2 atom stereocenters. The Labute approximate surface area is 80.3 Å². The predicted octanol–water partition coefficient (Wildman–Crippen LogP) is 1.12. The minimum atomic E-state index is -0.380. The van der Waals surface area contributed by atoms with Crippen molar-refractivity contribution in [3.05, 3.63) is 0 Å². The molecule has 0 bridgehead atoms. The maximum Gasteiger partial charge on any atom is 0.302 e. The van der Waals surface area contributed by atoms with Gasteiger partial charge in [-0.25, -0.2) is 0 Å². The van der Waals surface area contributed by atoms with Gasteiger partial charge in [0, 0.05) is 6.92 Å². The zero-order valence-electron chi connectivity index (χ0n) is 6.71. The van der Waals surface area contributed by atoms with Crippen LogP contribution >= 0.6 is 22.6 Å². The van der Waals surface area contributed by atoms with E-state index in [4.69, 9.17) is 4.74 Å². The van der Waals surface area contributed by atoms with Crippen molar-refractivity contribution < 1.29 is 14.6 Å². The van der Waals surface area contributed by atoms with Crippen LogP contribution in [-0.2, 0) is 9.53 Å². The highest BCUT2D eigenvalue weighted by atomic mass is 127. The third kappa shape index (κ3) is 5.43. The Morgan fingerprint density at radius 2 is 2.27 bits per heavy atom. The Morgan fingerprint density at radius 3 is 2.64 bits per heavy atom. The predicted molar refractivity (Wildman–Crippen MR) is 50.7 cm³/mol. The van der Waals surface area contributed by atoms with Crippen LogP contribution in [0.2, 0.25) is 0 Å². The number of carbonyl (C=O) groups is 1. The molecule has 0 aliphatic heterocycles. The van der Waals surface area contributed by atoms with E-state index in [1.165, 1.54) is 6.92 Å². The Kier molecular flexibility index (Phi) is 5.85. The molecule has 66 valence electrons. The van der Waals surface area contributed by atoms with Crippen LogP contribution in [0.15, 0.2) is 0 Å². The van der Waals surface area contributed by atoms with Gasteiger partial charge in [0.05, 0.1) is 10.0 Å². The second-order valence-electron chi connectivity index (χ2n) is 2.29. The van der Waals surface area contributed by atoms with Crippen LogP contribution in [0.3, 0.4) is 0 Å². The Morgan fingerprint density at radius 1 is 1.73 bits per heavy atom. The van der Waals surface area contributed by atoms with Crippen molar-refractivity contribution in [3.8, 4) is 0 Å². The molecule has 11 heavy (non-hydrogen) atoms. The van der Waals surface area contributed by atoms with Crippen LogP contribution in [-0.4, -0.2) is 27.7 Å². The molecule has 0 aliphatic rings. The SMILES string of the molecule is CC[C@H](O)[C@@H](I)COC(C)=O. The normalized spacial score (nSPS) is 15.6. The summed E-state index contributed by atoms with van der Waals surface area (Å²) in [7, 11) is 0. The monoisotopic (exact) mass is 272 g/mol. The summed E-state index contributed by atoms with van der Waals surface area (Å²) in [5.41, 5.74) is 0. The Balaban J connectivity index is 3.51. The molecule has 4 heteroatoms. The number of hydrogen-bond acceptors (Lipinski definition) is 3. The fourth-order valence-corrected chi connectivity index (χ4v) is 1.25. The van der Waals surface area contributed by atoms with Crippen molar-refractivity contribution in [2.24, 2.45) is 0 Å². The van der Waals surface area contributed by atoms with E-state index in [1.807, 2.05) is 6.92 Å². The van der Waals surface area contributed by atoms with Gasteiger partial charge in [-0.3, -0.25) is 4.79 Å². The van der Waals surface area contributed by atoms with Crippen LogP contribution in [0.25, 0.3) is 0 Å². The van der Waals surface area contributed by atoms with E-state index in [0.29, 0.717) is 13.0 Å². The van der Waals surface area contributed by atoms with Gasteiger partial charge in [0.15, 0.2) is 0 Å². The van der Waals surface area contributed by atoms with Gasteiger partial charge in [-0.1, -0.05) is 29.5 Å². The number of alkyl halides is 1. The molecule has 0 aromatic carbocycles. The maximum absolute atomic E-state index is 10.4. The van der Waals surface area contributed by atoms with E-state index >= 15 is 0 Å². The van der Waals surface area contributed by atoms with E-state index in [1.54, 1.807) is 0 Å². The molecule has 0 saturated carbocycles. The molecule has 0 rings (SSSR count). The first-order chi connectivity index (χ1) is 5.07. The molecular formula is C7H13IO3. The summed E-state index contributed by atoms with van der Waals surface area (Å²) in [6.07, 6.45) is 0.310. The lowest BCUT2D eigenvalue weighted by atomic mass is 10.2. The van der Waals surface area contributed by atoms with Gasteiger partial charge in [0.25, 0.3) is 0 Å². The van der Waals surface area contributed by atoms with Crippen LogP contribution < -0.4 is 0 Å². The van der Waals surface area contributed by atoms with E-state index in [2.05, 4.69) is 22.6 Å². The van der Waals surface area contributed by atoms with Crippen molar-refractivity contribution in [2.45, 2.75) is 30.3 Å². The molecule has 3 nitrogen and oxygen atoms in total. The minimum Gasteiger partial charge on any atom is -0.465 e. The van der Waals surface area contributed by atoms with E-state index in [9.17, 15) is 9.90 Å². The highest BCUT2D eigenvalue weighted by Gasteiger charge is 2.14. The first-order valence-electron chi connectivity index (χ1n) is 3.53. The highest BCUT2D eigenvalue weighted by Crippen LogP contribution is 2.09. The molecule has 0 aliphatic carbocycles. The Bertz CT molecular complexity index is 127. The summed E-state index contributed by atoms with van der Waals surface area (Å²) in [4.78, 5) is 10.4. The fraction of sp³-hybridized carbons (Fsp3) is 0.857. The maximum atomic E-state index is 10.4. The van der Waals surface area contributed by atoms with E-state index in [0.717, 1.165) is 0 Å². The second kappa shape index (κ2) is 5.77. The highest BCUT2D eigenvalue weighted by molar-refractivity contribution is 14.1. The number of halogens is 1. The van der Waals surface area contributed by atoms with Gasteiger partial charge in [0.1, 0.15) is 6.61 Å². The van der Waals surface area contributed by atoms with Crippen molar-refractivity contribution in [2.75, 3.05) is 6.61 Å². The average Bonchev–Trinajstić information content (AvgIpc) is 1.98. The van der Waals surface area contributed by atoms with Crippen LogP contribution in [0.1, 0.15) is 20.3 Å². The topological polar surface area (TPSA) is 46.5 Å². The average molecular weight is 272 g/mol. The van der Waals surface area contributed by atoms with Gasteiger partial charge in [-0.15, -0.1) is 0 Å². The molecule has 0 radical (unpaired) electrons. The molecule has 0 heterocycles. The largest absolute Gasteiger partial charge is 0.465 e. The number of ether oxygens (including phenoxy) is 1. The van der Waals surface area contributed by atoms with Gasteiger partial charge < -0.3 is 9.84 Å². The van der Waals surface area contributed by atoms with Gasteiger partial charge in [-0.2, -0.15) is 0 Å². The zero-order chi connectivity index (χ0) is 8.85. The van der Waals surface area contributed by atoms with Gasteiger partial charge in [-0.05, 0) is 6.42 Å². The smallest absolute Gasteiger partial charge is 0.302 e.